The van der Waals surface area contributed by atoms with Crippen LogP contribution in [0, 0.1) is 5.92 Å². The van der Waals surface area contributed by atoms with Crippen molar-refractivity contribution in [3.63, 3.8) is 0 Å². The Balaban J connectivity index is 1.70. The molecule has 5 nitrogen and oxygen atoms in total. The van der Waals surface area contributed by atoms with E-state index in [-0.39, 0.29) is 5.78 Å². The number of carbonyl (C=O) groups is 1. The molecule has 1 N–H and O–H groups in total. The van der Waals surface area contributed by atoms with E-state index in [0.717, 1.165) is 53.7 Å². The number of hydrogen-bond acceptors (Lipinski definition) is 4. The van der Waals surface area contributed by atoms with Gasteiger partial charge in [-0.05, 0) is 43.4 Å². The van der Waals surface area contributed by atoms with Gasteiger partial charge in [0.1, 0.15) is 17.7 Å². The van der Waals surface area contributed by atoms with Gasteiger partial charge in [-0.25, -0.2) is 9.97 Å². The van der Waals surface area contributed by atoms with Crippen LogP contribution in [0.15, 0.2) is 48.0 Å². The number of hydrogen-bond donors (Lipinski definition) is 1. The first-order chi connectivity index (χ1) is 12.3. The summed E-state index contributed by atoms with van der Waals surface area (Å²) in [6.07, 6.45) is 11.5. The van der Waals surface area contributed by atoms with Gasteiger partial charge in [0.05, 0.1) is 17.3 Å². The van der Waals surface area contributed by atoms with Crippen LogP contribution in [0.3, 0.4) is 0 Å². The lowest BCUT2D eigenvalue weighted by Gasteiger charge is -2.28. The molecule has 4 rings (SSSR count). The molecule has 0 saturated heterocycles. The zero-order chi connectivity index (χ0) is 17.2. The Hall–Kier alpha value is -2.69. The summed E-state index contributed by atoms with van der Waals surface area (Å²) in [6, 6.07) is 3.83. The first-order valence-corrected chi connectivity index (χ1v) is 8.77. The van der Waals surface area contributed by atoms with E-state index < -0.39 is 0 Å². The van der Waals surface area contributed by atoms with E-state index in [1.807, 2.05) is 18.3 Å². The quantitative estimate of drug-likeness (QED) is 0.690. The van der Waals surface area contributed by atoms with Crippen molar-refractivity contribution in [1.29, 1.82) is 0 Å². The van der Waals surface area contributed by atoms with Crippen LogP contribution < -0.4 is 0 Å². The molecule has 0 spiro atoms. The third-order valence-corrected chi connectivity index (χ3v) is 5.17. The molecule has 1 unspecified atom stereocenters. The largest absolute Gasteiger partial charge is 0.464 e. The highest BCUT2D eigenvalue weighted by Gasteiger charge is 2.28. The van der Waals surface area contributed by atoms with Crippen LogP contribution in [-0.2, 0) is 4.79 Å². The molecule has 3 heterocycles. The Morgan fingerprint density at radius 3 is 3.12 bits per heavy atom. The number of allylic oxidation sites excluding steroid dienone is 1. The number of rotatable bonds is 5. The van der Waals surface area contributed by atoms with E-state index >= 15 is 0 Å². The number of fused-ring (bicyclic) bond motifs is 1. The van der Waals surface area contributed by atoms with Gasteiger partial charge < -0.3 is 9.40 Å². The lowest BCUT2D eigenvalue weighted by molar-refractivity contribution is -0.115. The fraction of sp³-hybridized carbons (Fsp3) is 0.350. The van der Waals surface area contributed by atoms with Gasteiger partial charge in [0.15, 0.2) is 5.78 Å². The van der Waals surface area contributed by atoms with Crippen molar-refractivity contribution in [2.75, 3.05) is 0 Å². The van der Waals surface area contributed by atoms with Gasteiger partial charge in [-0.15, -0.1) is 0 Å². The number of nitrogens with zero attached hydrogens (tertiary/aromatic N) is 2. The summed E-state index contributed by atoms with van der Waals surface area (Å²) < 4.78 is 5.59. The van der Waals surface area contributed by atoms with Crippen molar-refractivity contribution in [2.24, 2.45) is 5.92 Å². The van der Waals surface area contributed by atoms with E-state index in [2.05, 4.69) is 21.5 Å². The molecule has 0 bridgehead atoms. The summed E-state index contributed by atoms with van der Waals surface area (Å²) in [5.74, 6) is 1.69. The standard InChI is InChI=1S/C20H21N3O2/c1-2-15(24)10-13-5-3-6-14(9-13)19-18-16(17-7-4-8-25-17)11-21-20(18)23-12-22-19/h2,4,7-8,11-14H,1,3,5-6,9-10H2,(H,21,22,23)/t13-,14?/m0/s1. The normalized spacial score (nSPS) is 20.6. The highest BCUT2D eigenvalue weighted by molar-refractivity contribution is 5.94. The third kappa shape index (κ3) is 3.02. The van der Waals surface area contributed by atoms with Crippen molar-refractivity contribution in [3.8, 4) is 11.3 Å². The molecule has 1 aliphatic rings. The molecule has 3 aromatic heterocycles. The van der Waals surface area contributed by atoms with Gasteiger partial charge in [0.25, 0.3) is 0 Å². The number of aromatic nitrogens is 3. The van der Waals surface area contributed by atoms with Crippen molar-refractivity contribution in [3.05, 3.63) is 49.3 Å². The van der Waals surface area contributed by atoms with Crippen molar-refractivity contribution >= 4 is 16.8 Å². The third-order valence-electron chi connectivity index (χ3n) is 5.17. The summed E-state index contributed by atoms with van der Waals surface area (Å²) in [5, 5.41) is 1.04. The summed E-state index contributed by atoms with van der Waals surface area (Å²) in [6.45, 7) is 3.59. The SMILES string of the molecule is C=CC(=O)C[C@H]1CCCC(c2ncnc3[nH]cc(-c4ccco4)c23)C1. The maximum absolute atomic E-state index is 11.7. The molecular weight excluding hydrogens is 314 g/mol. The predicted molar refractivity (Wildman–Crippen MR) is 96.1 cm³/mol. The van der Waals surface area contributed by atoms with Crippen molar-refractivity contribution in [1.82, 2.24) is 15.0 Å². The number of H-pyrrole nitrogens is 1. The molecule has 25 heavy (non-hydrogen) atoms. The van der Waals surface area contributed by atoms with E-state index in [1.54, 1.807) is 12.6 Å². The highest BCUT2D eigenvalue weighted by Crippen LogP contribution is 2.41. The minimum absolute atomic E-state index is 0.136. The van der Waals surface area contributed by atoms with Crippen molar-refractivity contribution in [2.45, 2.75) is 38.0 Å². The number of ketones is 1. The number of nitrogens with one attached hydrogen (secondary N) is 1. The molecule has 0 radical (unpaired) electrons. The molecule has 2 atom stereocenters. The maximum atomic E-state index is 11.7. The topological polar surface area (TPSA) is 71.8 Å². The van der Waals surface area contributed by atoms with Crippen LogP contribution in [0.1, 0.15) is 43.7 Å². The van der Waals surface area contributed by atoms with Gasteiger partial charge in [0, 0.05) is 24.1 Å². The fourth-order valence-electron chi connectivity index (χ4n) is 4.02. The van der Waals surface area contributed by atoms with Crippen LogP contribution in [0.2, 0.25) is 0 Å². The molecule has 0 amide bonds. The lowest BCUT2D eigenvalue weighted by atomic mass is 9.77. The summed E-state index contributed by atoms with van der Waals surface area (Å²) in [7, 11) is 0. The Bertz CT molecular complexity index is 895. The first-order valence-electron chi connectivity index (χ1n) is 8.77. The van der Waals surface area contributed by atoms with Gasteiger partial charge in [-0.1, -0.05) is 13.0 Å². The smallest absolute Gasteiger partial charge is 0.155 e. The average molecular weight is 335 g/mol. The van der Waals surface area contributed by atoms with Crippen LogP contribution >= 0.6 is 0 Å². The van der Waals surface area contributed by atoms with E-state index in [0.29, 0.717) is 18.3 Å². The molecule has 0 aliphatic heterocycles. The predicted octanol–water partition coefficient (Wildman–Crippen LogP) is 4.64. The van der Waals surface area contributed by atoms with E-state index in [9.17, 15) is 4.79 Å². The highest BCUT2D eigenvalue weighted by atomic mass is 16.3. The van der Waals surface area contributed by atoms with Gasteiger partial charge in [-0.3, -0.25) is 4.79 Å². The Kier molecular flexibility index (Phi) is 4.22. The molecule has 1 aliphatic carbocycles. The van der Waals surface area contributed by atoms with Crippen LogP contribution in [0.4, 0.5) is 0 Å². The fourth-order valence-corrected chi connectivity index (χ4v) is 4.02. The minimum atomic E-state index is 0.136. The second-order valence-corrected chi connectivity index (χ2v) is 6.77. The van der Waals surface area contributed by atoms with Crippen LogP contribution in [0.25, 0.3) is 22.4 Å². The molecule has 0 aromatic carbocycles. The van der Waals surface area contributed by atoms with Crippen LogP contribution in [0.5, 0.6) is 0 Å². The first kappa shape index (κ1) is 15.8. The number of carbonyl (C=O) groups excluding carboxylic acids is 1. The molecule has 3 aromatic rings. The average Bonchev–Trinajstić information content (AvgIpc) is 3.30. The second-order valence-electron chi connectivity index (χ2n) is 6.77. The molecular formula is C20H21N3O2. The minimum Gasteiger partial charge on any atom is -0.464 e. The second kappa shape index (κ2) is 6.67. The Labute approximate surface area is 146 Å². The lowest BCUT2D eigenvalue weighted by Crippen LogP contribution is -2.18. The number of furan rings is 1. The Morgan fingerprint density at radius 2 is 2.32 bits per heavy atom. The summed E-state index contributed by atoms with van der Waals surface area (Å²) >= 11 is 0. The van der Waals surface area contributed by atoms with Crippen LogP contribution in [-0.4, -0.2) is 20.7 Å². The zero-order valence-corrected chi connectivity index (χ0v) is 14.1. The maximum Gasteiger partial charge on any atom is 0.155 e. The van der Waals surface area contributed by atoms with E-state index in [1.165, 1.54) is 6.08 Å². The van der Waals surface area contributed by atoms with Crippen molar-refractivity contribution < 1.29 is 9.21 Å². The molecule has 1 saturated carbocycles. The van der Waals surface area contributed by atoms with Gasteiger partial charge >= 0.3 is 0 Å². The molecule has 1 fully saturated rings. The molecule has 128 valence electrons. The van der Waals surface area contributed by atoms with E-state index in [4.69, 9.17) is 4.42 Å². The zero-order valence-electron chi connectivity index (χ0n) is 14.1. The summed E-state index contributed by atoms with van der Waals surface area (Å²) in [4.78, 5) is 24.0. The molecule has 5 heteroatoms. The van der Waals surface area contributed by atoms with Gasteiger partial charge in [0.2, 0.25) is 0 Å². The number of aromatic amines is 1. The Morgan fingerprint density at radius 1 is 1.40 bits per heavy atom. The van der Waals surface area contributed by atoms with Gasteiger partial charge in [-0.2, -0.15) is 0 Å². The monoisotopic (exact) mass is 335 g/mol. The summed E-state index contributed by atoms with van der Waals surface area (Å²) in [5.41, 5.74) is 2.90.